The predicted octanol–water partition coefficient (Wildman–Crippen LogP) is 4.70. The Hall–Kier alpha value is -2.78. The molecule has 3 aromatic rings. The SMILES string of the molecule is O=C(NCc1ccccc1C(F)(F)F)c1nc(-c2cc(Cl)c(O)c(Cl)c2)no1. The molecule has 0 atom stereocenters. The van der Waals surface area contributed by atoms with Gasteiger partial charge in [-0.05, 0) is 23.8 Å². The van der Waals surface area contributed by atoms with Crippen molar-refractivity contribution in [1.82, 2.24) is 15.5 Å². The Morgan fingerprint density at radius 2 is 1.82 bits per heavy atom. The summed E-state index contributed by atoms with van der Waals surface area (Å²) in [6, 6.07) is 7.49. The molecule has 3 rings (SSSR count). The van der Waals surface area contributed by atoms with Crippen molar-refractivity contribution in [3.05, 3.63) is 63.5 Å². The van der Waals surface area contributed by atoms with Crippen LogP contribution in [0.15, 0.2) is 40.9 Å². The molecule has 28 heavy (non-hydrogen) atoms. The number of hydrogen-bond donors (Lipinski definition) is 2. The molecule has 0 aliphatic carbocycles. The van der Waals surface area contributed by atoms with Crippen molar-refractivity contribution >= 4 is 29.1 Å². The molecular formula is C17H10Cl2F3N3O3. The molecule has 0 aliphatic heterocycles. The van der Waals surface area contributed by atoms with E-state index < -0.39 is 23.5 Å². The average Bonchev–Trinajstić information content (AvgIpc) is 3.13. The van der Waals surface area contributed by atoms with E-state index in [-0.39, 0.29) is 39.3 Å². The van der Waals surface area contributed by atoms with Gasteiger partial charge in [-0.25, -0.2) is 0 Å². The highest BCUT2D eigenvalue weighted by molar-refractivity contribution is 6.37. The van der Waals surface area contributed by atoms with Crippen molar-refractivity contribution in [3.8, 4) is 17.1 Å². The van der Waals surface area contributed by atoms with Gasteiger partial charge in [-0.3, -0.25) is 4.79 Å². The maximum atomic E-state index is 13.0. The normalized spacial score (nSPS) is 11.5. The third-order valence-corrected chi connectivity index (χ3v) is 4.23. The molecule has 0 unspecified atom stereocenters. The second kappa shape index (κ2) is 7.69. The molecule has 0 fully saturated rings. The number of alkyl halides is 3. The van der Waals surface area contributed by atoms with Crippen molar-refractivity contribution in [2.45, 2.75) is 12.7 Å². The summed E-state index contributed by atoms with van der Waals surface area (Å²) >= 11 is 11.6. The van der Waals surface area contributed by atoms with E-state index in [4.69, 9.17) is 27.7 Å². The number of benzene rings is 2. The zero-order valence-electron chi connectivity index (χ0n) is 13.7. The molecule has 0 saturated carbocycles. The van der Waals surface area contributed by atoms with Gasteiger partial charge in [0.2, 0.25) is 5.82 Å². The largest absolute Gasteiger partial charge is 0.505 e. The van der Waals surface area contributed by atoms with Gasteiger partial charge >= 0.3 is 18.0 Å². The van der Waals surface area contributed by atoms with E-state index in [2.05, 4.69) is 15.5 Å². The number of halogens is 5. The maximum absolute atomic E-state index is 13.0. The first-order chi connectivity index (χ1) is 13.2. The Balaban J connectivity index is 1.76. The number of nitrogens with one attached hydrogen (secondary N) is 1. The standard InChI is InChI=1S/C17H10Cl2F3N3O3/c18-11-5-9(6-12(19)13(11)26)14-24-16(28-25-14)15(27)23-7-8-3-1-2-4-10(8)17(20,21)22/h1-6,26H,7H2,(H,23,27). The number of hydrogen-bond acceptors (Lipinski definition) is 5. The summed E-state index contributed by atoms with van der Waals surface area (Å²) in [4.78, 5) is 16.0. The number of aromatic nitrogens is 2. The summed E-state index contributed by atoms with van der Waals surface area (Å²) in [7, 11) is 0. The number of carbonyl (C=O) groups is 1. The Labute approximate surface area is 165 Å². The maximum Gasteiger partial charge on any atom is 0.416 e. The molecule has 11 heteroatoms. The molecule has 2 N–H and O–H groups in total. The number of amides is 1. The number of carbonyl (C=O) groups excluding carboxylic acids is 1. The van der Waals surface area contributed by atoms with E-state index in [0.29, 0.717) is 0 Å². The highest BCUT2D eigenvalue weighted by atomic mass is 35.5. The van der Waals surface area contributed by atoms with Crippen molar-refractivity contribution in [3.63, 3.8) is 0 Å². The van der Waals surface area contributed by atoms with E-state index in [1.807, 2.05) is 0 Å². The van der Waals surface area contributed by atoms with Gasteiger partial charge in [0.15, 0.2) is 5.75 Å². The molecule has 0 aliphatic rings. The minimum atomic E-state index is -4.55. The van der Waals surface area contributed by atoms with Gasteiger partial charge in [0.05, 0.1) is 15.6 Å². The lowest BCUT2D eigenvalue weighted by atomic mass is 10.1. The second-order valence-electron chi connectivity index (χ2n) is 5.55. The zero-order valence-corrected chi connectivity index (χ0v) is 15.2. The van der Waals surface area contributed by atoms with Crippen LogP contribution in [0.3, 0.4) is 0 Å². The Morgan fingerprint density at radius 1 is 1.18 bits per heavy atom. The van der Waals surface area contributed by atoms with Crippen LogP contribution in [0.5, 0.6) is 5.75 Å². The van der Waals surface area contributed by atoms with Gasteiger partial charge < -0.3 is 14.9 Å². The lowest BCUT2D eigenvalue weighted by Gasteiger charge is -2.12. The summed E-state index contributed by atoms with van der Waals surface area (Å²) < 4.78 is 43.8. The number of nitrogens with zero attached hydrogens (tertiary/aromatic N) is 2. The molecule has 0 bridgehead atoms. The first-order valence-electron chi connectivity index (χ1n) is 7.62. The fraction of sp³-hybridized carbons (Fsp3) is 0.118. The number of rotatable bonds is 4. The predicted molar refractivity (Wildman–Crippen MR) is 94.0 cm³/mol. The van der Waals surface area contributed by atoms with Crippen LogP contribution in [-0.2, 0) is 12.7 Å². The summed E-state index contributed by atoms with van der Waals surface area (Å²) in [5.74, 6) is -1.67. The first-order valence-corrected chi connectivity index (χ1v) is 8.38. The van der Waals surface area contributed by atoms with Crippen LogP contribution in [0.1, 0.15) is 21.8 Å². The zero-order chi connectivity index (χ0) is 20.5. The van der Waals surface area contributed by atoms with Crippen molar-refractivity contribution in [2.24, 2.45) is 0 Å². The Bertz CT molecular complexity index is 1010. The minimum Gasteiger partial charge on any atom is -0.505 e. The van der Waals surface area contributed by atoms with Crippen molar-refractivity contribution in [2.75, 3.05) is 0 Å². The molecule has 2 aromatic carbocycles. The van der Waals surface area contributed by atoms with Crippen LogP contribution in [0.2, 0.25) is 10.0 Å². The molecule has 0 spiro atoms. The molecule has 1 aromatic heterocycles. The van der Waals surface area contributed by atoms with Gasteiger partial charge in [0.1, 0.15) is 0 Å². The van der Waals surface area contributed by atoms with Gasteiger partial charge in [0, 0.05) is 12.1 Å². The van der Waals surface area contributed by atoms with Crippen LogP contribution < -0.4 is 5.32 Å². The lowest BCUT2D eigenvalue weighted by molar-refractivity contribution is -0.138. The summed E-state index contributed by atoms with van der Waals surface area (Å²) in [5, 5.41) is 15.4. The van der Waals surface area contributed by atoms with Crippen LogP contribution in [0.4, 0.5) is 13.2 Å². The smallest absolute Gasteiger partial charge is 0.416 e. The third-order valence-electron chi connectivity index (χ3n) is 3.66. The summed E-state index contributed by atoms with van der Waals surface area (Å²) in [6.45, 7) is -0.386. The van der Waals surface area contributed by atoms with Gasteiger partial charge in [-0.2, -0.15) is 18.2 Å². The summed E-state index contributed by atoms with van der Waals surface area (Å²) in [6.07, 6.45) is -4.55. The fourth-order valence-corrected chi connectivity index (χ4v) is 2.82. The Kier molecular flexibility index (Phi) is 5.48. The molecule has 1 heterocycles. The Morgan fingerprint density at radius 3 is 2.46 bits per heavy atom. The van der Waals surface area contributed by atoms with E-state index >= 15 is 0 Å². The average molecular weight is 432 g/mol. The van der Waals surface area contributed by atoms with E-state index in [1.54, 1.807) is 0 Å². The molecule has 146 valence electrons. The monoisotopic (exact) mass is 431 g/mol. The number of phenols is 1. The third kappa shape index (κ3) is 4.20. The van der Waals surface area contributed by atoms with Gasteiger partial charge in [0.25, 0.3) is 0 Å². The molecule has 1 amide bonds. The highest BCUT2D eigenvalue weighted by Gasteiger charge is 2.33. The second-order valence-corrected chi connectivity index (χ2v) is 6.36. The first kappa shape index (κ1) is 20.0. The molecule has 0 saturated heterocycles. The van der Waals surface area contributed by atoms with Crippen LogP contribution in [0, 0.1) is 0 Å². The number of aromatic hydroxyl groups is 1. The van der Waals surface area contributed by atoms with Crippen LogP contribution in [-0.4, -0.2) is 21.2 Å². The van der Waals surface area contributed by atoms with Gasteiger partial charge in [-0.1, -0.05) is 46.6 Å². The van der Waals surface area contributed by atoms with Gasteiger partial charge in [-0.15, -0.1) is 0 Å². The van der Waals surface area contributed by atoms with E-state index in [1.165, 1.54) is 30.3 Å². The van der Waals surface area contributed by atoms with E-state index in [9.17, 15) is 23.1 Å². The number of phenolic OH excluding ortho intramolecular Hbond substituents is 1. The van der Waals surface area contributed by atoms with Crippen molar-refractivity contribution < 1.29 is 27.6 Å². The van der Waals surface area contributed by atoms with Crippen molar-refractivity contribution in [1.29, 1.82) is 0 Å². The quantitative estimate of drug-likeness (QED) is 0.624. The summed E-state index contributed by atoms with van der Waals surface area (Å²) in [5.41, 5.74) is -0.687. The fourth-order valence-electron chi connectivity index (χ4n) is 2.33. The highest BCUT2D eigenvalue weighted by Crippen LogP contribution is 2.35. The van der Waals surface area contributed by atoms with E-state index in [0.717, 1.165) is 6.07 Å². The molecular weight excluding hydrogens is 422 g/mol. The molecule has 6 nitrogen and oxygen atoms in total. The van der Waals surface area contributed by atoms with Crippen LogP contribution >= 0.6 is 23.2 Å². The molecule has 0 radical (unpaired) electrons. The minimum absolute atomic E-state index is 0.0374. The van der Waals surface area contributed by atoms with Crippen LogP contribution in [0.25, 0.3) is 11.4 Å². The topological polar surface area (TPSA) is 88.2 Å². The lowest BCUT2D eigenvalue weighted by Crippen LogP contribution is -2.24.